The van der Waals surface area contributed by atoms with Crippen LogP contribution >= 0.6 is 0 Å². The lowest BCUT2D eigenvalue weighted by Gasteiger charge is -2.42. The van der Waals surface area contributed by atoms with Crippen LogP contribution in [-0.2, 0) is 31.3 Å². The fourth-order valence-corrected chi connectivity index (χ4v) is 5.44. The lowest BCUT2D eigenvalue weighted by atomic mass is 9.80. The normalized spacial score (nSPS) is 15.0. The van der Waals surface area contributed by atoms with E-state index < -0.39 is 41.9 Å². The van der Waals surface area contributed by atoms with E-state index in [0.717, 1.165) is 36.5 Å². The van der Waals surface area contributed by atoms with E-state index in [1.165, 1.54) is 13.0 Å². The first-order chi connectivity index (χ1) is 20.2. The molecule has 0 spiro atoms. The molecule has 1 aromatic heterocycles. The van der Waals surface area contributed by atoms with Crippen LogP contribution in [0.3, 0.4) is 0 Å². The van der Waals surface area contributed by atoms with Crippen LogP contribution < -0.4 is 5.32 Å². The molecule has 2 aromatic carbocycles. The van der Waals surface area contributed by atoms with Crippen molar-refractivity contribution in [3.8, 4) is 0 Å². The third-order valence-electron chi connectivity index (χ3n) is 7.35. The number of rotatable bonds is 10. The summed E-state index contributed by atoms with van der Waals surface area (Å²) in [4.78, 5) is 49.6. The summed E-state index contributed by atoms with van der Waals surface area (Å²) < 4.78 is 16.9. The van der Waals surface area contributed by atoms with E-state index in [2.05, 4.69) is 34.7 Å². The smallest absolute Gasteiger partial charge is 0.336 e. The quantitative estimate of drug-likeness (QED) is 0.232. The predicted octanol–water partition coefficient (Wildman–Crippen LogP) is 3.14. The lowest BCUT2D eigenvalue weighted by molar-refractivity contribution is -0.170. The first-order valence-corrected chi connectivity index (χ1v) is 13.8. The molecule has 0 bridgehead atoms. The Bertz CT molecular complexity index is 1460. The molecule has 0 saturated carbocycles. The molecule has 43 heavy (non-hydrogen) atoms. The molecule has 13 heteroatoms. The molecule has 1 amide bonds. The van der Waals surface area contributed by atoms with Gasteiger partial charge in [-0.3, -0.25) is 19.3 Å². The molecule has 1 aliphatic heterocycles. The van der Waals surface area contributed by atoms with Gasteiger partial charge in [0.15, 0.2) is 5.60 Å². The van der Waals surface area contributed by atoms with Gasteiger partial charge >= 0.3 is 17.9 Å². The third kappa shape index (κ3) is 8.14. The fraction of sp³-hybridized carbons (Fsp3) is 0.433. The van der Waals surface area contributed by atoms with Crippen LogP contribution in [0.1, 0.15) is 63.9 Å². The monoisotopic (exact) mass is 600 g/mol. The standard InChI is InChI=1S/C24H29FN4O.C6H8O7/c1-17(2)29-22-11-7-6-10-21(22)26-23(29)16-28-14-12-24(13-15-28,27-18(3)30)19-8-4-5-9-20(19)25;7-3(8)1-6(13,5(11)12)2-4(9)10/h4-11,17H,12-16H2,1-3H3,(H,27,30);13H,1-2H2,(H,7,8)(H,9,10)(H,11,12). The molecule has 5 N–H and O–H groups in total. The number of piperidine rings is 1. The Kier molecular flexibility index (Phi) is 10.6. The second-order valence-electron chi connectivity index (χ2n) is 11.0. The predicted molar refractivity (Wildman–Crippen MR) is 154 cm³/mol. The van der Waals surface area contributed by atoms with Crippen molar-refractivity contribution in [3.63, 3.8) is 0 Å². The molecule has 1 saturated heterocycles. The molecule has 1 fully saturated rings. The number of carboxylic acid groups (broad SMARTS) is 3. The molecular weight excluding hydrogens is 563 g/mol. The molecule has 2 heterocycles. The van der Waals surface area contributed by atoms with E-state index in [-0.39, 0.29) is 11.7 Å². The van der Waals surface area contributed by atoms with Crippen molar-refractivity contribution < 1.29 is 44.0 Å². The molecule has 0 atom stereocenters. The van der Waals surface area contributed by atoms with Crippen molar-refractivity contribution in [3.05, 3.63) is 65.7 Å². The molecule has 4 rings (SSSR count). The minimum absolute atomic E-state index is 0.131. The van der Waals surface area contributed by atoms with Crippen molar-refractivity contribution in [2.24, 2.45) is 0 Å². The van der Waals surface area contributed by atoms with Gasteiger partial charge in [0.25, 0.3) is 0 Å². The van der Waals surface area contributed by atoms with Crippen LogP contribution in [0, 0.1) is 5.82 Å². The van der Waals surface area contributed by atoms with Gasteiger partial charge in [-0.25, -0.2) is 14.2 Å². The zero-order valence-corrected chi connectivity index (χ0v) is 24.3. The summed E-state index contributed by atoms with van der Waals surface area (Å²) in [5, 5.41) is 36.9. The highest BCUT2D eigenvalue weighted by Gasteiger charge is 2.41. The zero-order valence-electron chi connectivity index (χ0n) is 24.3. The van der Waals surface area contributed by atoms with Crippen molar-refractivity contribution in [2.75, 3.05) is 13.1 Å². The number of likely N-dealkylation sites (tertiary alicyclic amines) is 1. The van der Waals surface area contributed by atoms with Gasteiger partial charge in [-0.15, -0.1) is 0 Å². The third-order valence-corrected chi connectivity index (χ3v) is 7.35. The number of aliphatic hydroxyl groups is 1. The number of nitrogens with zero attached hydrogens (tertiary/aromatic N) is 3. The Labute approximate surface area is 247 Å². The van der Waals surface area contributed by atoms with Gasteiger partial charge in [0, 0.05) is 31.6 Å². The highest BCUT2D eigenvalue weighted by Crippen LogP contribution is 2.35. The Morgan fingerprint density at radius 1 is 0.977 bits per heavy atom. The molecule has 1 aliphatic rings. The minimum Gasteiger partial charge on any atom is -0.481 e. The molecule has 0 unspecified atom stereocenters. The largest absolute Gasteiger partial charge is 0.481 e. The summed E-state index contributed by atoms with van der Waals surface area (Å²) in [6.45, 7) is 8.10. The minimum atomic E-state index is -2.74. The molecule has 0 radical (unpaired) electrons. The number of amides is 1. The number of benzene rings is 2. The number of carbonyl (C=O) groups is 4. The van der Waals surface area contributed by atoms with Crippen molar-refractivity contribution in [2.45, 2.75) is 70.2 Å². The maximum absolute atomic E-state index is 14.6. The van der Waals surface area contributed by atoms with Crippen LogP contribution in [-0.4, -0.2) is 77.4 Å². The van der Waals surface area contributed by atoms with Crippen molar-refractivity contribution in [1.82, 2.24) is 19.8 Å². The first kappa shape index (κ1) is 33.1. The summed E-state index contributed by atoms with van der Waals surface area (Å²) in [6.07, 6.45) is -0.964. The maximum atomic E-state index is 14.6. The van der Waals surface area contributed by atoms with E-state index in [1.807, 2.05) is 24.3 Å². The highest BCUT2D eigenvalue weighted by molar-refractivity contribution is 5.88. The second kappa shape index (κ2) is 13.7. The number of carbonyl (C=O) groups excluding carboxylic acids is 1. The van der Waals surface area contributed by atoms with Crippen LogP contribution in [0.5, 0.6) is 0 Å². The van der Waals surface area contributed by atoms with Gasteiger partial charge in [0.05, 0.1) is 36.0 Å². The Hall–Kier alpha value is -4.36. The number of aliphatic carboxylic acids is 3. The maximum Gasteiger partial charge on any atom is 0.336 e. The molecule has 0 aliphatic carbocycles. The average Bonchev–Trinajstić information content (AvgIpc) is 3.27. The average molecular weight is 601 g/mol. The Morgan fingerprint density at radius 2 is 1.53 bits per heavy atom. The molecule has 232 valence electrons. The van der Waals surface area contributed by atoms with Crippen LogP contribution in [0.2, 0.25) is 0 Å². The van der Waals surface area contributed by atoms with Gasteiger partial charge in [-0.2, -0.15) is 0 Å². The summed E-state index contributed by atoms with van der Waals surface area (Å²) in [5.74, 6) is -4.37. The van der Waals surface area contributed by atoms with Gasteiger partial charge in [-0.1, -0.05) is 30.3 Å². The number of aromatic nitrogens is 2. The number of hydrogen-bond acceptors (Lipinski definition) is 7. The highest BCUT2D eigenvalue weighted by atomic mass is 19.1. The Morgan fingerprint density at radius 3 is 2.05 bits per heavy atom. The summed E-state index contributed by atoms with van der Waals surface area (Å²) in [7, 11) is 0. The molecule has 12 nitrogen and oxygen atoms in total. The summed E-state index contributed by atoms with van der Waals surface area (Å²) >= 11 is 0. The van der Waals surface area contributed by atoms with Crippen LogP contribution in [0.15, 0.2) is 48.5 Å². The van der Waals surface area contributed by atoms with E-state index in [0.29, 0.717) is 24.4 Å². The number of para-hydroxylation sites is 2. The Balaban J connectivity index is 0.000000331. The fourth-order valence-electron chi connectivity index (χ4n) is 5.44. The second-order valence-corrected chi connectivity index (χ2v) is 11.0. The van der Waals surface area contributed by atoms with E-state index in [4.69, 9.17) is 25.4 Å². The van der Waals surface area contributed by atoms with E-state index >= 15 is 0 Å². The van der Waals surface area contributed by atoms with Crippen LogP contribution in [0.4, 0.5) is 4.39 Å². The number of hydrogen-bond donors (Lipinski definition) is 5. The van der Waals surface area contributed by atoms with Crippen molar-refractivity contribution >= 4 is 34.8 Å². The van der Waals surface area contributed by atoms with Gasteiger partial charge in [-0.05, 0) is 44.9 Å². The molecular formula is C30H37FN4O8. The first-order valence-electron chi connectivity index (χ1n) is 13.8. The van der Waals surface area contributed by atoms with E-state index in [1.54, 1.807) is 12.1 Å². The lowest BCUT2D eigenvalue weighted by Crippen LogP contribution is -2.53. The number of halogens is 1. The van der Waals surface area contributed by atoms with Gasteiger partial charge < -0.3 is 30.3 Å². The summed E-state index contributed by atoms with van der Waals surface area (Å²) in [5.41, 5.74) is -0.659. The van der Waals surface area contributed by atoms with Gasteiger partial charge in [0.2, 0.25) is 5.91 Å². The summed E-state index contributed by atoms with van der Waals surface area (Å²) in [6, 6.07) is 15.3. The van der Waals surface area contributed by atoms with Gasteiger partial charge in [0.1, 0.15) is 11.6 Å². The molecule has 3 aromatic rings. The van der Waals surface area contributed by atoms with Crippen molar-refractivity contribution in [1.29, 1.82) is 0 Å². The number of carboxylic acids is 3. The number of fused-ring (bicyclic) bond motifs is 1. The topological polar surface area (TPSA) is 182 Å². The zero-order chi connectivity index (χ0) is 31.9. The van der Waals surface area contributed by atoms with E-state index in [9.17, 15) is 23.6 Å². The van der Waals surface area contributed by atoms with Crippen LogP contribution in [0.25, 0.3) is 11.0 Å². The number of nitrogens with one attached hydrogen (secondary N) is 1. The number of imidazole rings is 1. The SMILES string of the molecule is CC(=O)NC1(c2ccccc2F)CCN(Cc2nc3ccccc3n2C(C)C)CC1.O=C(O)CC(O)(CC(=O)O)C(=O)O.